The van der Waals surface area contributed by atoms with Crippen LogP contribution in [-0.4, -0.2) is 17.7 Å². The number of amides is 1. The van der Waals surface area contributed by atoms with Crippen molar-refractivity contribution in [1.82, 2.24) is 5.32 Å². The van der Waals surface area contributed by atoms with Crippen LogP contribution in [-0.2, 0) is 5.41 Å². The van der Waals surface area contributed by atoms with Crippen molar-refractivity contribution in [3.05, 3.63) is 35.4 Å². The van der Waals surface area contributed by atoms with Gasteiger partial charge in [-0.05, 0) is 12.5 Å². The molecule has 0 aliphatic carbocycles. The van der Waals surface area contributed by atoms with Gasteiger partial charge in [0.2, 0.25) is 0 Å². The van der Waals surface area contributed by atoms with Gasteiger partial charge in [-0.25, -0.2) is 4.79 Å². The van der Waals surface area contributed by atoms with E-state index in [1.165, 1.54) is 5.56 Å². The van der Waals surface area contributed by atoms with Crippen LogP contribution in [0.4, 0.5) is 4.79 Å². The van der Waals surface area contributed by atoms with Crippen LogP contribution in [0.1, 0.15) is 25.0 Å². The first-order valence-electron chi connectivity index (χ1n) is 4.96. The van der Waals surface area contributed by atoms with Gasteiger partial charge in [0, 0.05) is 12.0 Å². The minimum absolute atomic E-state index is 0.176. The molecule has 1 aromatic carbocycles. The van der Waals surface area contributed by atoms with Gasteiger partial charge in [-0.2, -0.15) is 0 Å². The minimum atomic E-state index is -0.976. The molecule has 82 valence electrons. The van der Waals surface area contributed by atoms with Crippen LogP contribution in [0, 0.1) is 6.92 Å². The van der Waals surface area contributed by atoms with Gasteiger partial charge in [-0.1, -0.05) is 43.7 Å². The minimum Gasteiger partial charge on any atom is -0.465 e. The standard InChI is InChI=1S/C12H17NO2/c1-9-5-4-6-10(7-9)12(2,3)8-13-11(14)15/h4-7,13H,8H2,1-3H3,(H,14,15). The molecule has 0 fully saturated rings. The molecule has 0 saturated carbocycles. The van der Waals surface area contributed by atoms with Crippen LogP contribution in [0.3, 0.4) is 0 Å². The van der Waals surface area contributed by atoms with E-state index in [0.29, 0.717) is 6.54 Å². The largest absolute Gasteiger partial charge is 0.465 e. The molecule has 0 bridgehead atoms. The van der Waals surface area contributed by atoms with Crippen molar-refractivity contribution >= 4 is 6.09 Å². The lowest BCUT2D eigenvalue weighted by molar-refractivity contribution is 0.192. The number of aryl methyl sites for hydroxylation is 1. The Hall–Kier alpha value is -1.51. The Kier molecular flexibility index (Phi) is 3.35. The zero-order valence-electron chi connectivity index (χ0n) is 9.37. The van der Waals surface area contributed by atoms with Gasteiger partial charge in [0.1, 0.15) is 0 Å². The molecular weight excluding hydrogens is 190 g/mol. The van der Waals surface area contributed by atoms with Crippen LogP contribution < -0.4 is 5.32 Å². The van der Waals surface area contributed by atoms with E-state index in [2.05, 4.69) is 11.4 Å². The van der Waals surface area contributed by atoms with Crippen LogP contribution in [0.2, 0.25) is 0 Å². The number of hydrogen-bond acceptors (Lipinski definition) is 1. The first-order valence-corrected chi connectivity index (χ1v) is 4.96. The number of rotatable bonds is 3. The Balaban J connectivity index is 2.80. The smallest absolute Gasteiger partial charge is 0.404 e. The lowest BCUT2D eigenvalue weighted by Gasteiger charge is -2.25. The molecule has 15 heavy (non-hydrogen) atoms. The maximum absolute atomic E-state index is 10.4. The van der Waals surface area contributed by atoms with Gasteiger partial charge in [-0.3, -0.25) is 0 Å². The van der Waals surface area contributed by atoms with Gasteiger partial charge in [-0.15, -0.1) is 0 Å². The molecule has 0 radical (unpaired) electrons. The topological polar surface area (TPSA) is 49.3 Å². The molecule has 1 rings (SSSR count). The maximum Gasteiger partial charge on any atom is 0.404 e. The van der Waals surface area contributed by atoms with Crippen molar-refractivity contribution in [3.63, 3.8) is 0 Å². The molecule has 1 amide bonds. The summed E-state index contributed by atoms with van der Waals surface area (Å²) in [5.74, 6) is 0. The van der Waals surface area contributed by atoms with E-state index in [4.69, 9.17) is 5.11 Å². The molecule has 2 N–H and O–H groups in total. The van der Waals surface area contributed by atoms with Crippen molar-refractivity contribution < 1.29 is 9.90 Å². The highest BCUT2D eigenvalue weighted by atomic mass is 16.4. The van der Waals surface area contributed by atoms with E-state index in [0.717, 1.165) is 5.56 Å². The van der Waals surface area contributed by atoms with Gasteiger partial charge >= 0.3 is 6.09 Å². The highest BCUT2D eigenvalue weighted by molar-refractivity contribution is 5.64. The Bertz CT molecular complexity index is 358. The highest BCUT2D eigenvalue weighted by Gasteiger charge is 2.21. The average molecular weight is 207 g/mol. The summed E-state index contributed by atoms with van der Waals surface area (Å²) >= 11 is 0. The van der Waals surface area contributed by atoms with Crippen molar-refractivity contribution in [2.75, 3.05) is 6.54 Å². The predicted octanol–water partition coefficient (Wildman–Crippen LogP) is 2.54. The average Bonchev–Trinajstić information content (AvgIpc) is 2.15. The maximum atomic E-state index is 10.4. The third kappa shape index (κ3) is 3.27. The number of nitrogens with one attached hydrogen (secondary N) is 1. The third-order valence-corrected chi connectivity index (χ3v) is 2.48. The van der Waals surface area contributed by atoms with Gasteiger partial charge < -0.3 is 10.4 Å². The second-order valence-electron chi connectivity index (χ2n) is 4.41. The summed E-state index contributed by atoms with van der Waals surface area (Å²) in [6, 6.07) is 8.14. The first kappa shape index (κ1) is 11.6. The number of carbonyl (C=O) groups is 1. The summed E-state index contributed by atoms with van der Waals surface area (Å²) in [5, 5.41) is 11.0. The monoisotopic (exact) mass is 207 g/mol. The fourth-order valence-corrected chi connectivity index (χ4v) is 1.46. The van der Waals surface area contributed by atoms with Gasteiger partial charge in [0.15, 0.2) is 0 Å². The quantitative estimate of drug-likeness (QED) is 0.800. The van der Waals surface area contributed by atoms with Crippen molar-refractivity contribution in [2.24, 2.45) is 0 Å². The molecule has 0 unspecified atom stereocenters. The molecular formula is C12H17NO2. The SMILES string of the molecule is Cc1cccc(C(C)(C)CNC(=O)O)c1. The van der Waals surface area contributed by atoms with Crippen molar-refractivity contribution in [2.45, 2.75) is 26.2 Å². The lowest BCUT2D eigenvalue weighted by atomic mass is 9.84. The third-order valence-electron chi connectivity index (χ3n) is 2.48. The van der Waals surface area contributed by atoms with Gasteiger partial charge in [0.25, 0.3) is 0 Å². The summed E-state index contributed by atoms with van der Waals surface area (Å²) < 4.78 is 0. The molecule has 1 aromatic rings. The summed E-state index contributed by atoms with van der Waals surface area (Å²) in [6.07, 6.45) is -0.976. The molecule has 0 saturated heterocycles. The summed E-state index contributed by atoms with van der Waals surface area (Å²) in [7, 11) is 0. The molecule has 0 heterocycles. The van der Waals surface area contributed by atoms with Crippen LogP contribution >= 0.6 is 0 Å². The molecule has 0 aliphatic rings. The molecule has 0 aliphatic heterocycles. The Morgan fingerprint density at radius 2 is 2.13 bits per heavy atom. The second kappa shape index (κ2) is 4.34. The molecule has 0 atom stereocenters. The summed E-state index contributed by atoms with van der Waals surface area (Å²) in [6.45, 7) is 6.51. The highest BCUT2D eigenvalue weighted by Crippen LogP contribution is 2.22. The second-order valence-corrected chi connectivity index (χ2v) is 4.41. The Morgan fingerprint density at radius 3 is 2.67 bits per heavy atom. The number of hydrogen-bond donors (Lipinski definition) is 2. The van der Waals surface area contributed by atoms with Crippen LogP contribution in [0.15, 0.2) is 24.3 Å². The summed E-state index contributed by atoms with van der Waals surface area (Å²) in [5.41, 5.74) is 2.16. The Labute approximate surface area is 90.1 Å². The van der Waals surface area contributed by atoms with Crippen molar-refractivity contribution in [3.8, 4) is 0 Å². The number of benzene rings is 1. The normalized spacial score (nSPS) is 11.1. The zero-order chi connectivity index (χ0) is 11.5. The van der Waals surface area contributed by atoms with E-state index in [1.54, 1.807) is 0 Å². The molecule has 3 nitrogen and oxygen atoms in total. The van der Waals surface area contributed by atoms with Crippen LogP contribution in [0.5, 0.6) is 0 Å². The fourth-order valence-electron chi connectivity index (χ4n) is 1.46. The first-order chi connectivity index (χ1) is 6.92. The summed E-state index contributed by atoms with van der Waals surface area (Å²) in [4.78, 5) is 10.4. The lowest BCUT2D eigenvalue weighted by Crippen LogP contribution is -2.35. The van der Waals surface area contributed by atoms with E-state index in [-0.39, 0.29) is 5.41 Å². The van der Waals surface area contributed by atoms with Crippen molar-refractivity contribution in [1.29, 1.82) is 0 Å². The zero-order valence-corrected chi connectivity index (χ0v) is 9.37. The fraction of sp³-hybridized carbons (Fsp3) is 0.417. The van der Waals surface area contributed by atoms with E-state index < -0.39 is 6.09 Å². The van der Waals surface area contributed by atoms with E-state index in [9.17, 15) is 4.79 Å². The van der Waals surface area contributed by atoms with Crippen LogP contribution in [0.25, 0.3) is 0 Å². The van der Waals surface area contributed by atoms with E-state index >= 15 is 0 Å². The number of carboxylic acid groups (broad SMARTS) is 1. The molecule has 3 heteroatoms. The predicted molar refractivity (Wildman–Crippen MR) is 60.2 cm³/mol. The van der Waals surface area contributed by atoms with E-state index in [1.807, 2.05) is 39.0 Å². The Morgan fingerprint density at radius 1 is 1.47 bits per heavy atom. The molecule has 0 spiro atoms. The molecule has 0 aromatic heterocycles. The van der Waals surface area contributed by atoms with Gasteiger partial charge in [0.05, 0.1) is 0 Å².